The summed E-state index contributed by atoms with van der Waals surface area (Å²) in [6.45, 7) is -0.776. The molecule has 266 valence electrons. The summed E-state index contributed by atoms with van der Waals surface area (Å²) in [6.07, 6.45) is -13.6. The van der Waals surface area contributed by atoms with Gasteiger partial charge in [0, 0.05) is 18.8 Å². The van der Waals surface area contributed by atoms with Crippen molar-refractivity contribution in [2.45, 2.75) is 67.3 Å². The normalized spacial score (nSPS) is 31.5. The molecular weight excluding hydrogens is 662 g/mol. The molecule has 1 aromatic heterocycles. The lowest BCUT2D eigenvalue weighted by atomic mass is 9.96. The Morgan fingerprint density at radius 2 is 1.54 bits per heavy atom. The Bertz CT molecular complexity index is 1820. The summed E-state index contributed by atoms with van der Waals surface area (Å²) in [5, 5.41) is 47.7. The first-order chi connectivity index (χ1) is 24.0. The number of nitrogens with one attached hydrogen (secondary N) is 3. The SMILES string of the molecule is NC[C@H]1O[C@@H](OC([C@@H]2NC(=O)C(COC(=O)c3ccc(-c4ccccc4)cc3)NC2=O)[C@H]2O[C@@H](n3ccc(=O)[nH]c3=O)[C@H](O)[C@@H]2O)[C@H](O)[C@@H]1O. The van der Waals surface area contributed by atoms with Crippen molar-refractivity contribution in [2.24, 2.45) is 5.73 Å². The third kappa shape index (κ3) is 6.96. The Balaban J connectivity index is 1.17. The second kappa shape index (κ2) is 14.6. The minimum absolute atomic E-state index is 0.203. The molecule has 2 amide bonds. The van der Waals surface area contributed by atoms with E-state index >= 15 is 0 Å². The number of aliphatic hydroxyl groups excluding tert-OH is 4. The third-order valence-electron chi connectivity index (χ3n) is 8.72. The molecule has 3 aliphatic heterocycles. The number of aliphatic hydroxyl groups is 4. The largest absolute Gasteiger partial charge is 0.459 e. The number of nitrogens with zero attached hydrogens (tertiary/aromatic N) is 1. The zero-order valence-corrected chi connectivity index (χ0v) is 26.1. The molecule has 4 heterocycles. The van der Waals surface area contributed by atoms with Crippen molar-refractivity contribution in [3.05, 3.63) is 93.3 Å². The number of esters is 1. The summed E-state index contributed by atoms with van der Waals surface area (Å²) >= 11 is 0. The van der Waals surface area contributed by atoms with Gasteiger partial charge >= 0.3 is 11.7 Å². The lowest BCUT2D eigenvalue weighted by Crippen LogP contribution is -2.69. The first-order valence-corrected chi connectivity index (χ1v) is 15.6. The van der Waals surface area contributed by atoms with Crippen LogP contribution in [-0.4, -0.2) is 122 Å². The quantitative estimate of drug-likeness (QED) is 0.0954. The highest BCUT2D eigenvalue weighted by Crippen LogP contribution is 2.34. The molecule has 9 N–H and O–H groups in total. The Hall–Kier alpha value is -4.79. The molecular formula is C32H35N5O13. The molecule has 18 heteroatoms. The van der Waals surface area contributed by atoms with Gasteiger partial charge in [0.2, 0.25) is 11.8 Å². The molecule has 6 rings (SSSR count). The zero-order valence-electron chi connectivity index (χ0n) is 26.1. The fourth-order valence-corrected chi connectivity index (χ4v) is 6.00. The Kier molecular flexibility index (Phi) is 10.2. The number of hydrogen-bond donors (Lipinski definition) is 8. The minimum atomic E-state index is -1.87. The second-order valence-corrected chi connectivity index (χ2v) is 11.9. The summed E-state index contributed by atoms with van der Waals surface area (Å²) < 4.78 is 23.3. The molecule has 3 aromatic rings. The molecule has 3 fully saturated rings. The van der Waals surface area contributed by atoms with E-state index in [1.54, 1.807) is 24.3 Å². The molecule has 0 radical (unpaired) electrons. The predicted octanol–water partition coefficient (Wildman–Crippen LogP) is -3.55. The molecule has 2 unspecified atom stereocenters. The van der Waals surface area contributed by atoms with Crippen LogP contribution >= 0.6 is 0 Å². The predicted molar refractivity (Wildman–Crippen MR) is 168 cm³/mol. The highest BCUT2D eigenvalue weighted by molar-refractivity contribution is 5.98. The Morgan fingerprint density at radius 3 is 2.20 bits per heavy atom. The third-order valence-corrected chi connectivity index (χ3v) is 8.72. The van der Waals surface area contributed by atoms with E-state index in [-0.39, 0.29) is 12.1 Å². The van der Waals surface area contributed by atoms with Crippen LogP contribution in [-0.2, 0) is 28.5 Å². The van der Waals surface area contributed by atoms with Crippen molar-refractivity contribution in [3.63, 3.8) is 0 Å². The number of aromatic nitrogens is 2. The molecule has 3 saturated heterocycles. The van der Waals surface area contributed by atoms with Crippen LogP contribution in [0.3, 0.4) is 0 Å². The maximum Gasteiger partial charge on any atom is 0.338 e. The van der Waals surface area contributed by atoms with Crippen LogP contribution in [0.2, 0.25) is 0 Å². The first-order valence-electron chi connectivity index (χ1n) is 15.6. The number of piperazine rings is 1. The van der Waals surface area contributed by atoms with E-state index in [0.29, 0.717) is 0 Å². The fourth-order valence-electron chi connectivity index (χ4n) is 6.00. The molecule has 0 aliphatic carbocycles. The molecule has 0 spiro atoms. The minimum Gasteiger partial charge on any atom is -0.459 e. The van der Waals surface area contributed by atoms with Gasteiger partial charge in [-0.05, 0) is 23.3 Å². The van der Waals surface area contributed by atoms with Crippen molar-refractivity contribution in [1.82, 2.24) is 20.2 Å². The van der Waals surface area contributed by atoms with Crippen LogP contribution in [0.4, 0.5) is 0 Å². The summed E-state index contributed by atoms with van der Waals surface area (Å²) in [5.41, 5.74) is 5.90. The number of ether oxygens (including phenoxy) is 4. The van der Waals surface area contributed by atoms with Gasteiger partial charge in [-0.3, -0.25) is 23.9 Å². The number of nitrogens with two attached hydrogens (primary N) is 1. The van der Waals surface area contributed by atoms with Crippen molar-refractivity contribution in [1.29, 1.82) is 0 Å². The van der Waals surface area contributed by atoms with Crippen LogP contribution < -0.4 is 27.6 Å². The summed E-state index contributed by atoms with van der Waals surface area (Å²) in [6, 6.07) is 14.0. The number of carbonyl (C=O) groups is 3. The average molecular weight is 698 g/mol. The van der Waals surface area contributed by atoms with Crippen LogP contribution in [0.5, 0.6) is 0 Å². The molecule has 50 heavy (non-hydrogen) atoms. The van der Waals surface area contributed by atoms with Crippen LogP contribution in [0.15, 0.2) is 76.4 Å². The van der Waals surface area contributed by atoms with E-state index in [0.717, 1.165) is 28.0 Å². The van der Waals surface area contributed by atoms with Crippen molar-refractivity contribution in [2.75, 3.05) is 13.2 Å². The van der Waals surface area contributed by atoms with Crippen LogP contribution in [0.1, 0.15) is 16.6 Å². The number of carbonyl (C=O) groups excluding carboxylic acids is 3. The smallest absolute Gasteiger partial charge is 0.338 e. The van der Waals surface area contributed by atoms with E-state index in [9.17, 15) is 44.4 Å². The monoisotopic (exact) mass is 697 g/mol. The van der Waals surface area contributed by atoms with Crippen LogP contribution in [0, 0.1) is 0 Å². The summed E-state index contributed by atoms with van der Waals surface area (Å²) in [7, 11) is 0. The molecule has 0 bridgehead atoms. The Labute approximate surface area is 282 Å². The number of rotatable bonds is 10. The fraction of sp³-hybridized carbons (Fsp3) is 0.406. The summed E-state index contributed by atoms with van der Waals surface area (Å²) in [5.74, 6) is -2.48. The number of benzene rings is 2. The number of H-pyrrole nitrogens is 1. The molecule has 0 saturated carbocycles. The second-order valence-electron chi connectivity index (χ2n) is 11.9. The highest BCUT2D eigenvalue weighted by Gasteiger charge is 2.55. The van der Waals surface area contributed by atoms with Crippen molar-refractivity contribution >= 4 is 17.8 Å². The van der Waals surface area contributed by atoms with E-state index in [1.807, 2.05) is 35.3 Å². The standard InChI is InChI=1S/C32H35N5O13/c33-12-18-21(39)24(42)31(48-18)50-25(26-22(40)23(41)29(49-26)37-11-10-19(38)35-32(37)46)20-28(44)34-17(27(43)36-20)13-47-30(45)16-8-6-15(7-9-16)14-4-2-1-3-5-14/h1-11,17-18,20-26,29,31,39-42H,12-13,33H2,(H,34,44)(H,36,43)(H,35,38,46)/t17?,18-,20+,21-,22+,23-,24-,25?,26+,29-,31+/m1/s1. The maximum absolute atomic E-state index is 13.5. The zero-order chi connectivity index (χ0) is 35.7. The highest BCUT2D eigenvalue weighted by atomic mass is 16.7. The van der Waals surface area contributed by atoms with Gasteiger partial charge in [-0.15, -0.1) is 0 Å². The summed E-state index contributed by atoms with van der Waals surface area (Å²) in [4.78, 5) is 65.5. The molecule has 18 nitrogen and oxygen atoms in total. The number of hydrogen-bond acceptors (Lipinski definition) is 14. The topological polar surface area (TPSA) is 274 Å². The lowest BCUT2D eigenvalue weighted by molar-refractivity contribution is -0.227. The maximum atomic E-state index is 13.5. The average Bonchev–Trinajstić information content (AvgIpc) is 3.56. The van der Waals surface area contributed by atoms with E-state index in [1.165, 1.54) is 0 Å². The van der Waals surface area contributed by atoms with E-state index < -0.39 is 103 Å². The molecule has 2 aromatic carbocycles. The number of amides is 2. The first kappa shape index (κ1) is 35.1. The lowest BCUT2D eigenvalue weighted by Gasteiger charge is -2.38. The van der Waals surface area contributed by atoms with Gasteiger partial charge in [0.05, 0.1) is 5.56 Å². The van der Waals surface area contributed by atoms with Crippen molar-refractivity contribution < 1.29 is 53.8 Å². The van der Waals surface area contributed by atoms with Gasteiger partial charge in [-0.25, -0.2) is 9.59 Å². The number of aromatic amines is 1. The van der Waals surface area contributed by atoms with Crippen molar-refractivity contribution in [3.8, 4) is 11.1 Å². The van der Waals surface area contributed by atoms with Gasteiger partial charge < -0.3 is 55.7 Å². The van der Waals surface area contributed by atoms with Gasteiger partial charge in [0.25, 0.3) is 5.56 Å². The van der Waals surface area contributed by atoms with Crippen LogP contribution in [0.25, 0.3) is 11.1 Å². The molecule has 11 atom stereocenters. The Morgan fingerprint density at radius 1 is 0.840 bits per heavy atom. The van der Waals surface area contributed by atoms with E-state index in [2.05, 4.69) is 10.6 Å². The van der Waals surface area contributed by atoms with Gasteiger partial charge in [-0.1, -0.05) is 42.5 Å². The molecule has 3 aliphatic rings. The van der Waals surface area contributed by atoms with Gasteiger partial charge in [0.1, 0.15) is 61.4 Å². The van der Waals surface area contributed by atoms with Gasteiger partial charge in [0.15, 0.2) is 12.5 Å². The van der Waals surface area contributed by atoms with Gasteiger partial charge in [-0.2, -0.15) is 0 Å². The van der Waals surface area contributed by atoms with E-state index in [4.69, 9.17) is 24.7 Å².